The average Bonchev–Trinajstić information content (AvgIpc) is 2.29. The van der Waals surface area contributed by atoms with Gasteiger partial charge in [0.2, 0.25) is 0 Å². The molecule has 0 spiro atoms. The first-order valence-corrected chi connectivity index (χ1v) is 6.32. The van der Waals surface area contributed by atoms with Crippen LogP contribution >= 0.6 is 0 Å². The molecule has 0 rings (SSSR count). The molecule has 7 N–H and O–H groups in total. The standard InChI is InChI=1S/C12H24N4O3/c1-7(2)8(11(18)19)6-10(17)9(13)4-3-5-16-12(14)15/h7-9H,3-6,13H2,1-2H3,(H,18,19)(H4,14,15,16)/t8-,9-/m0/s1. The number of nitrogens with two attached hydrogens (primary N) is 3. The van der Waals surface area contributed by atoms with E-state index in [1.54, 1.807) is 13.8 Å². The van der Waals surface area contributed by atoms with E-state index in [1.807, 2.05) is 0 Å². The highest BCUT2D eigenvalue weighted by Crippen LogP contribution is 2.17. The molecule has 0 aliphatic carbocycles. The predicted molar refractivity (Wildman–Crippen MR) is 73.5 cm³/mol. The van der Waals surface area contributed by atoms with E-state index < -0.39 is 17.9 Å². The lowest BCUT2D eigenvalue weighted by Gasteiger charge is -2.17. The summed E-state index contributed by atoms with van der Waals surface area (Å²) in [5.74, 6) is -1.97. The van der Waals surface area contributed by atoms with Crippen LogP contribution in [0.5, 0.6) is 0 Å². The van der Waals surface area contributed by atoms with Crippen molar-refractivity contribution in [3.8, 4) is 0 Å². The molecule has 0 amide bonds. The third kappa shape index (κ3) is 7.40. The van der Waals surface area contributed by atoms with E-state index in [4.69, 9.17) is 22.3 Å². The zero-order chi connectivity index (χ0) is 15.0. The molecule has 0 saturated heterocycles. The fourth-order valence-electron chi connectivity index (χ4n) is 1.66. The van der Waals surface area contributed by atoms with Crippen LogP contribution in [-0.4, -0.2) is 35.4 Å². The molecule has 0 aromatic carbocycles. The van der Waals surface area contributed by atoms with Crippen molar-refractivity contribution in [2.24, 2.45) is 34.0 Å². The zero-order valence-electron chi connectivity index (χ0n) is 11.5. The Morgan fingerprint density at radius 1 is 1.26 bits per heavy atom. The molecule has 0 saturated carbocycles. The maximum Gasteiger partial charge on any atom is 0.307 e. The minimum absolute atomic E-state index is 0.00523. The number of hydrogen-bond acceptors (Lipinski definition) is 4. The van der Waals surface area contributed by atoms with Crippen molar-refractivity contribution < 1.29 is 14.7 Å². The lowest BCUT2D eigenvalue weighted by molar-refractivity contribution is -0.145. The first kappa shape index (κ1) is 17.4. The molecule has 0 aliphatic rings. The molecule has 0 unspecified atom stereocenters. The molecule has 0 radical (unpaired) electrons. The molecule has 2 atom stereocenters. The second-order valence-electron chi connectivity index (χ2n) is 4.91. The van der Waals surface area contributed by atoms with E-state index >= 15 is 0 Å². The van der Waals surface area contributed by atoms with Crippen molar-refractivity contribution in [1.29, 1.82) is 0 Å². The number of ketones is 1. The highest BCUT2D eigenvalue weighted by molar-refractivity contribution is 5.87. The summed E-state index contributed by atoms with van der Waals surface area (Å²) in [5, 5.41) is 9.01. The molecule has 0 bridgehead atoms. The summed E-state index contributed by atoms with van der Waals surface area (Å²) < 4.78 is 0. The number of carbonyl (C=O) groups excluding carboxylic acids is 1. The Bertz CT molecular complexity index is 338. The number of rotatable bonds is 9. The maximum absolute atomic E-state index is 11.8. The normalized spacial score (nSPS) is 13.9. The summed E-state index contributed by atoms with van der Waals surface area (Å²) >= 11 is 0. The van der Waals surface area contributed by atoms with Gasteiger partial charge in [-0.2, -0.15) is 0 Å². The molecular formula is C12H24N4O3. The van der Waals surface area contributed by atoms with Crippen LogP contribution in [0.4, 0.5) is 0 Å². The summed E-state index contributed by atoms with van der Waals surface area (Å²) in [5.41, 5.74) is 16.1. The molecule has 0 aromatic heterocycles. The zero-order valence-corrected chi connectivity index (χ0v) is 11.5. The molecule has 0 aromatic rings. The van der Waals surface area contributed by atoms with Crippen molar-refractivity contribution in [3.63, 3.8) is 0 Å². The number of guanidine groups is 1. The van der Waals surface area contributed by atoms with Crippen molar-refractivity contribution in [3.05, 3.63) is 0 Å². The number of Topliss-reactive ketones (excluding diaryl/α,β-unsaturated/α-hetero) is 1. The summed E-state index contributed by atoms with van der Waals surface area (Å²) in [4.78, 5) is 26.6. The van der Waals surface area contributed by atoms with Crippen LogP contribution in [0.2, 0.25) is 0 Å². The third-order valence-electron chi connectivity index (χ3n) is 2.92. The summed E-state index contributed by atoms with van der Waals surface area (Å²) in [7, 11) is 0. The summed E-state index contributed by atoms with van der Waals surface area (Å²) in [6.45, 7) is 3.96. The summed E-state index contributed by atoms with van der Waals surface area (Å²) in [6, 6.07) is -0.658. The van der Waals surface area contributed by atoms with Crippen molar-refractivity contribution >= 4 is 17.7 Å². The quantitative estimate of drug-likeness (QED) is 0.257. The lowest BCUT2D eigenvalue weighted by atomic mass is 9.88. The van der Waals surface area contributed by atoms with Gasteiger partial charge in [-0.05, 0) is 18.8 Å². The van der Waals surface area contributed by atoms with Crippen LogP contribution < -0.4 is 17.2 Å². The van der Waals surface area contributed by atoms with Gasteiger partial charge in [-0.3, -0.25) is 14.6 Å². The molecule has 110 valence electrons. The fourth-order valence-corrected chi connectivity index (χ4v) is 1.66. The Balaban J connectivity index is 4.18. The van der Waals surface area contributed by atoms with E-state index in [2.05, 4.69) is 4.99 Å². The minimum atomic E-state index is -0.962. The van der Waals surface area contributed by atoms with Crippen LogP contribution in [0.15, 0.2) is 4.99 Å². The Labute approximate surface area is 113 Å². The number of nitrogens with zero attached hydrogens (tertiary/aromatic N) is 1. The fraction of sp³-hybridized carbons (Fsp3) is 0.750. The van der Waals surface area contributed by atoms with Crippen LogP contribution in [0.1, 0.15) is 33.1 Å². The van der Waals surface area contributed by atoms with Crippen LogP contribution in [0.25, 0.3) is 0 Å². The van der Waals surface area contributed by atoms with E-state index in [0.29, 0.717) is 19.4 Å². The molecule has 0 aliphatic heterocycles. The summed E-state index contributed by atoms with van der Waals surface area (Å²) in [6.07, 6.45) is 1.00. The SMILES string of the molecule is CC(C)[C@H](CC(=O)[C@@H](N)CCCN=C(N)N)C(=O)O. The van der Waals surface area contributed by atoms with Crippen LogP contribution in [0, 0.1) is 11.8 Å². The second-order valence-corrected chi connectivity index (χ2v) is 4.91. The number of aliphatic carboxylic acids is 1. The van der Waals surface area contributed by atoms with Gasteiger partial charge in [0, 0.05) is 13.0 Å². The van der Waals surface area contributed by atoms with Crippen molar-refractivity contribution in [2.75, 3.05) is 6.54 Å². The maximum atomic E-state index is 11.8. The molecule has 7 nitrogen and oxygen atoms in total. The monoisotopic (exact) mass is 272 g/mol. The van der Waals surface area contributed by atoms with Gasteiger partial charge in [0.15, 0.2) is 5.96 Å². The molecule has 0 heterocycles. The van der Waals surface area contributed by atoms with Gasteiger partial charge in [0.1, 0.15) is 5.78 Å². The van der Waals surface area contributed by atoms with Crippen molar-refractivity contribution in [2.45, 2.75) is 39.2 Å². The van der Waals surface area contributed by atoms with Crippen LogP contribution in [0.3, 0.4) is 0 Å². The van der Waals surface area contributed by atoms with Gasteiger partial charge in [0.05, 0.1) is 12.0 Å². The second kappa shape index (κ2) is 8.47. The molecule has 7 heteroatoms. The Kier molecular flexibility index (Phi) is 7.74. The smallest absolute Gasteiger partial charge is 0.307 e. The molecular weight excluding hydrogens is 248 g/mol. The number of aliphatic imine (C=N–C) groups is 1. The van der Waals surface area contributed by atoms with E-state index in [-0.39, 0.29) is 24.1 Å². The highest BCUT2D eigenvalue weighted by atomic mass is 16.4. The largest absolute Gasteiger partial charge is 0.481 e. The van der Waals surface area contributed by atoms with Gasteiger partial charge < -0.3 is 22.3 Å². The molecule has 19 heavy (non-hydrogen) atoms. The van der Waals surface area contributed by atoms with Gasteiger partial charge in [-0.15, -0.1) is 0 Å². The van der Waals surface area contributed by atoms with E-state index in [0.717, 1.165) is 0 Å². The van der Waals surface area contributed by atoms with Gasteiger partial charge >= 0.3 is 5.97 Å². The Morgan fingerprint density at radius 3 is 2.26 bits per heavy atom. The van der Waals surface area contributed by atoms with Crippen LogP contribution in [-0.2, 0) is 9.59 Å². The average molecular weight is 272 g/mol. The van der Waals surface area contributed by atoms with E-state index in [1.165, 1.54) is 0 Å². The first-order valence-electron chi connectivity index (χ1n) is 6.32. The highest BCUT2D eigenvalue weighted by Gasteiger charge is 2.26. The van der Waals surface area contributed by atoms with Gasteiger partial charge in [0.25, 0.3) is 0 Å². The minimum Gasteiger partial charge on any atom is -0.481 e. The Morgan fingerprint density at radius 2 is 1.84 bits per heavy atom. The number of carbonyl (C=O) groups is 2. The van der Waals surface area contributed by atoms with Gasteiger partial charge in [-0.1, -0.05) is 13.8 Å². The number of carboxylic acids is 1. The lowest BCUT2D eigenvalue weighted by Crippen LogP contribution is -2.34. The first-order chi connectivity index (χ1) is 8.75. The number of hydrogen-bond donors (Lipinski definition) is 4. The Hall–Kier alpha value is -1.63. The molecule has 0 fully saturated rings. The van der Waals surface area contributed by atoms with Crippen molar-refractivity contribution in [1.82, 2.24) is 0 Å². The predicted octanol–water partition coefficient (Wildman–Crippen LogP) is -0.317. The number of carboxylic acid groups (broad SMARTS) is 1. The third-order valence-corrected chi connectivity index (χ3v) is 2.92. The van der Waals surface area contributed by atoms with Gasteiger partial charge in [-0.25, -0.2) is 0 Å². The topological polar surface area (TPSA) is 145 Å². The van der Waals surface area contributed by atoms with E-state index in [9.17, 15) is 9.59 Å².